The van der Waals surface area contributed by atoms with Crippen LogP contribution >= 0.6 is 0 Å². The van der Waals surface area contributed by atoms with Gasteiger partial charge in [-0.1, -0.05) is 133 Å². The largest absolute Gasteiger partial charge is 0.456 e. The molecule has 2 heterocycles. The van der Waals surface area contributed by atoms with Crippen LogP contribution in [0.2, 0.25) is 0 Å². The predicted octanol–water partition coefficient (Wildman–Crippen LogP) is 12.8. The second-order valence-electron chi connectivity index (χ2n) is 12.0. The van der Waals surface area contributed by atoms with E-state index in [2.05, 4.69) is 140 Å². The highest BCUT2D eigenvalue weighted by Gasteiger charge is 2.22. The maximum atomic E-state index is 6.62. The number of hydrogen-bond acceptors (Lipinski definition) is 2. The summed E-state index contributed by atoms with van der Waals surface area (Å²) in [7, 11) is 0. The maximum Gasteiger partial charge on any atom is 0.143 e. The predicted molar refractivity (Wildman–Crippen MR) is 192 cm³/mol. The number of hydrogen-bond donors (Lipinski definition) is 0. The molecule has 2 heteroatoms. The molecule has 2 nitrogen and oxygen atoms in total. The molecule has 0 fully saturated rings. The molecule has 0 N–H and O–H groups in total. The van der Waals surface area contributed by atoms with Crippen molar-refractivity contribution in [1.29, 1.82) is 0 Å². The average Bonchev–Trinajstić information content (AvgIpc) is 3.72. The van der Waals surface area contributed by atoms with Gasteiger partial charge < -0.3 is 8.83 Å². The van der Waals surface area contributed by atoms with Crippen molar-refractivity contribution in [2.24, 2.45) is 0 Å². The summed E-state index contributed by atoms with van der Waals surface area (Å²) < 4.78 is 13.2. The summed E-state index contributed by atoms with van der Waals surface area (Å²) in [4.78, 5) is 0. The Morgan fingerprint density at radius 2 is 0.935 bits per heavy atom. The van der Waals surface area contributed by atoms with Crippen molar-refractivity contribution in [3.63, 3.8) is 0 Å². The fraction of sp³-hybridized carbons (Fsp3) is 0. The zero-order chi connectivity index (χ0) is 30.2. The average molecular weight is 587 g/mol. The van der Waals surface area contributed by atoms with Crippen molar-refractivity contribution in [1.82, 2.24) is 0 Å². The fourth-order valence-electron chi connectivity index (χ4n) is 7.43. The summed E-state index contributed by atoms with van der Waals surface area (Å²) in [5.41, 5.74) is 8.43. The molecular formula is C44H26O2. The van der Waals surface area contributed by atoms with Gasteiger partial charge in [0.1, 0.15) is 22.5 Å². The van der Waals surface area contributed by atoms with Gasteiger partial charge in [-0.2, -0.15) is 0 Å². The summed E-state index contributed by atoms with van der Waals surface area (Å²) in [6.45, 7) is 0. The van der Waals surface area contributed by atoms with Gasteiger partial charge in [0, 0.05) is 32.8 Å². The third-order valence-corrected chi connectivity index (χ3v) is 9.47. The van der Waals surface area contributed by atoms with Crippen LogP contribution in [0.4, 0.5) is 0 Å². The first-order chi connectivity index (χ1) is 22.8. The van der Waals surface area contributed by atoms with E-state index < -0.39 is 0 Å². The third kappa shape index (κ3) is 3.65. The van der Waals surface area contributed by atoms with Crippen LogP contribution in [0.15, 0.2) is 167 Å². The smallest absolute Gasteiger partial charge is 0.143 e. The van der Waals surface area contributed by atoms with E-state index in [0.717, 1.165) is 71.3 Å². The number of benzene rings is 8. The second kappa shape index (κ2) is 9.69. The standard InChI is InChI=1S/C44H26O2/c1-3-14-30-27(11-1)13-9-18-31(30)28-23-24-35-38(25-28)43(41-26-29-12-2-7-21-39(29)45-41)34-17-5-4-16-33(34)42(35)37-20-10-19-36-32-15-6-8-22-40(32)46-44(36)37/h1-26H. The van der Waals surface area contributed by atoms with E-state index in [1.54, 1.807) is 0 Å². The van der Waals surface area contributed by atoms with Crippen molar-refractivity contribution in [3.8, 4) is 33.6 Å². The van der Waals surface area contributed by atoms with E-state index in [1.165, 1.54) is 27.5 Å². The van der Waals surface area contributed by atoms with Crippen LogP contribution in [0.3, 0.4) is 0 Å². The van der Waals surface area contributed by atoms with Crippen molar-refractivity contribution in [3.05, 3.63) is 158 Å². The maximum absolute atomic E-state index is 6.62. The molecule has 0 atom stereocenters. The molecule has 0 amide bonds. The third-order valence-electron chi connectivity index (χ3n) is 9.47. The van der Waals surface area contributed by atoms with Gasteiger partial charge in [0.05, 0.1) is 0 Å². The molecule has 214 valence electrons. The Hall–Kier alpha value is -6.12. The molecule has 0 unspecified atom stereocenters. The number of furan rings is 2. The van der Waals surface area contributed by atoms with E-state index in [-0.39, 0.29) is 0 Å². The lowest BCUT2D eigenvalue weighted by atomic mass is 9.85. The number of rotatable bonds is 3. The molecule has 0 aliphatic carbocycles. The van der Waals surface area contributed by atoms with Gasteiger partial charge in [-0.3, -0.25) is 0 Å². The van der Waals surface area contributed by atoms with Crippen LogP contribution in [0.1, 0.15) is 0 Å². The highest BCUT2D eigenvalue weighted by atomic mass is 16.3. The summed E-state index contributed by atoms with van der Waals surface area (Å²) in [5, 5.41) is 10.4. The molecule has 8 aromatic carbocycles. The molecular weight excluding hydrogens is 560 g/mol. The molecule has 0 bridgehead atoms. The Morgan fingerprint density at radius 3 is 1.78 bits per heavy atom. The molecule has 0 saturated heterocycles. The monoisotopic (exact) mass is 586 g/mol. The van der Waals surface area contributed by atoms with Crippen molar-refractivity contribution >= 4 is 65.2 Å². The van der Waals surface area contributed by atoms with Crippen LogP contribution in [0.25, 0.3) is 98.8 Å². The van der Waals surface area contributed by atoms with Crippen molar-refractivity contribution in [2.45, 2.75) is 0 Å². The minimum Gasteiger partial charge on any atom is -0.456 e. The molecule has 2 aromatic heterocycles. The van der Waals surface area contributed by atoms with Crippen molar-refractivity contribution in [2.75, 3.05) is 0 Å². The first-order valence-electron chi connectivity index (χ1n) is 15.7. The quantitative estimate of drug-likeness (QED) is 0.193. The molecule has 10 rings (SSSR count). The zero-order valence-corrected chi connectivity index (χ0v) is 24.8. The van der Waals surface area contributed by atoms with E-state index in [9.17, 15) is 0 Å². The minimum atomic E-state index is 0.867. The summed E-state index contributed by atoms with van der Waals surface area (Å²) >= 11 is 0. The second-order valence-corrected chi connectivity index (χ2v) is 12.0. The SMILES string of the molecule is c1ccc2oc(-c3c4ccccc4c(-c4cccc5c4oc4ccccc45)c4ccc(-c5cccc6ccccc56)cc34)cc2c1. The van der Waals surface area contributed by atoms with Gasteiger partial charge in [0.25, 0.3) is 0 Å². The highest BCUT2D eigenvalue weighted by molar-refractivity contribution is 6.24. The summed E-state index contributed by atoms with van der Waals surface area (Å²) in [5.74, 6) is 0.867. The molecule has 0 spiro atoms. The van der Waals surface area contributed by atoms with Gasteiger partial charge in [-0.15, -0.1) is 0 Å². The van der Waals surface area contributed by atoms with E-state index >= 15 is 0 Å². The van der Waals surface area contributed by atoms with E-state index in [0.29, 0.717) is 0 Å². The molecule has 0 aliphatic heterocycles. The Morgan fingerprint density at radius 1 is 0.326 bits per heavy atom. The molecule has 0 radical (unpaired) electrons. The minimum absolute atomic E-state index is 0.867. The Bertz CT molecular complexity index is 2770. The van der Waals surface area contributed by atoms with Crippen molar-refractivity contribution < 1.29 is 8.83 Å². The van der Waals surface area contributed by atoms with Gasteiger partial charge in [0.15, 0.2) is 0 Å². The first kappa shape index (κ1) is 25.2. The van der Waals surface area contributed by atoms with E-state index in [4.69, 9.17) is 8.83 Å². The topological polar surface area (TPSA) is 26.3 Å². The molecule has 0 saturated carbocycles. The zero-order valence-electron chi connectivity index (χ0n) is 24.8. The molecule has 0 aliphatic rings. The lowest BCUT2D eigenvalue weighted by molar-refractivity contribution is 0.633. The Labute approximate surface area is 264 Å². The van der Waals surface area contributed by atoms with Crippen LogP contribution in [0.5, 0.6) is 0 Å². The highest BCUT2D eigenvalue weighted by Crippen LogP contribution is 2.48. The van der Waals surface area contributed by atoms with Crippen LogP contribution in [0, 0.1) is 0 Å². The number of para-hydroxylation sites is 3. The van der Waals surface area contributed by atoms with Gasteiger partial charge in [-0.25, -0.2) is 0 Å². The molecule has 46 heavy (non-hydrogen) atoms. The van der Waals surface area contributed by atoms with Crippen LogP contribution < -0.4 is 0 Å². The van der Waals surface area contributed by atoms with Crippen LogP contribution in [-0.2, 0) is 0 Å². The van der Waals surface area contributed by atoms with Gasteiger partial charge in [0.2, 0.25) is 0 Å². The van der Waals surface area contributed by atoms with Gasteiger partial charge in [-0.05, 0) is 67.7 Å². The summed E-state index contributed by atoms with van der Waals surface area (Å²) in [6, 6.07) is 56.0. The molecule has 10 aromatic rings. The Balaban J connectivity index is 1.37. The summed E-state index contributed by atoms with van der Waals surface area (Å²) in [6.07, 6.45) is 0. The Kier molecular flexibility index (Phi) is 5.31. The number of fused-ring (bicyclic) bond motifs is 7. The normalized spacial score (nSPS) is 11.9. The first-order valence-corrected chi connectivity index (χ1v) is 15.7. The fourth-order valence-corrected chi connectivity index (χ4v) is 7.43. The lowest BCUT2D eigenvalue weighted by Gasteiger charge is -2.18. The van der Waals surface area contributed by atoms with E-state index in [1.807, 2.05) is 18.2 Å². The van der Waals surface area contributed by atoms with Crippen LogP contribution in [-0.4, -0.2) is 0 Å². The lowest BCUT2D eigenvalue weighted by Crippen LogP contribution is -1.91. The van der Waals surface area contributed by atoms with Gasteiger partial charge >= 0.3 is 0 Å².